The van der Waals surface area contributed by atoms with Crippen LogP contribution in [0, 0.1) is 5.41 Å². The van der Waals surface area contributed by atoms with Gasteiger partial charge in [0.2, 0.25) is 5.91 Å². The summed E-state index contributed by atoms with van der Waals surface area (Å²) in [6.45, 7) is 0.344. The van der Waals surface area contributed by atoms with Crippen LogP contribution in [-0.4, -0.2) is 16.9 Å². The molecule has 2 aromatic rings. The summed E-state index contributed by atoms with van der Waals surface area (Å²) in [6, 6.07) is 9.62. The number of nitrogens with zero attached hydrogens (tertiary/aromatic N) is 1. The van der Waals surface area contributed by atoms with Gasteiger partial charge in [-0.25, -0.2) is 0 Å². The SMILES string of the molecule is O=C(CC1(C(=O)[O-])CCC1)NCc1cccc2cccnc12.[K+]. The summed E-state index contributed by atoms with van der Waals surface area (Å²) in [5.74, 6) is -1.36. The van der Waals surface area contributed by atoms with Crippen molar-refractivity contribution >= 4 is 22.8 Å². The van der Waals surface area contributed by atoms with Crippen molar-refractivity contribution in [2.45, 2.75) is 32.2 Å². The number of fused-ring (bicyclic) bond motifs is 1. The number of aromatic nitrogens is 1. The number of rotatable bonds is 5. The smallest absolute Gasteiger partial charge is 0.550 e. The second-order valence-electron chi connectivity index (χ2n) is 5.87. The maximum absolute atomic E-state index is 12.0. The Morgan fingerprint density at radius 1 is 1.22 bits per heavy atom. The minimum atomic E-state index is -1.11. The predicted molar refractivity (Wildman–Crippen MR) is 79.5 cm³/mol. The Labute approximate surface area is 177 Å². The fourth-order valence-electron chi connectivity index (χ4n) is 2.93. The zero-order chi connectivity index (χ0) is 15.6. The van der Waals surface area contributed by atoms with Gasteiger partial charge < -0.3 is 15.2 Å². The van der Waals surface area contributed by atoms with Crippen LogP contribution in [0.5, 0.6) is 0 Å². The number of para-hydroxylation sites is 1. The van der Waals surface area contributed by atoms with Crippen molar-refractivity contribution in [2.75, 3.05) is 0 Å². The molecule has 0 saturated heterocycles. The van der Waals surface area contributed by atoms with Crippen LogP contribution in [0.2, 0.25) is 0 Å². The molecule has 0 radical (unpaired) electrons. The molecule has 0 unspecified atom stereocenters. The number of carbonyl (C=O) groups is 2. The van der Waals surface area contributed by atoms with Crippen LogP contribution < -0.4 is 61.8 Å². The van der Waals surface area contributed by atoms with Gasteiger partial charge in [0.15, 0.2) is 0 Å². The monoisotopic (exact) mass is 336 g/mol. The van der Waals surface area contributed by atoms with Crippen LogP contribution >= 0.6 is 0 Å². The van der Waals surface area contributed by atoms with E-state index in [0.717, 1.165) is 22.9 Å². The molecule has 5 nitrogen and oxygen atoms in total. The minimum Gasteiger partial charge on any atom is -0.550 e. The van der Waals surface area contributed by atoms with Crippen molar-refractivity contribution in [3.8, 4) is 0 Å². The maximum atomic E-state index is 12.0. The Bertz CT molecular complexity index is 723. The van der Waals surface area contributed by atoms with Crippen LogP contribution in [-0.2, 0) is 16.1 Å². The number of carboxylic acids is 1. The number of carboxylic acid groups (broad SMARTS) is 1. The summed E-state index contributed by atoms with van der Waals surface area (Å²) in [7, 11) is 0. The molecule has 1 fully saturated rings. The predicted octanol–water partition coefficient (Wildman–Crippen LogP) is -1.83. The molecular formula is C17H17KN2O3. The third-order valence-corrected chi connectivity index (χ3v) is 4.43. The first-order valence-electron chi connectivity index (χ1n) is 7.41. The van der Waals surface area contributed by atoms with Crippen molar-refractivity contribution in [2.24, 2.45) is 5.41 Å². The van der Waals surface area contributed by atoms with Crippen molar-refractivity contribution < 1.29 is 66.1 Å². The van der Waals surface area contributed by atoms with E-state index in [9.17, 15) is 14.7 Å². The van der Waals surface area contributed by atoms with Gasteiger partial charge in [0.25, 0.3) is 0 Å². The van der Waals surface area contributed by atoms with Crippen LogP contribution in [0.3, 0.4) is 0 Å². The molecule has 1 aromatic heterocycles. The van der Waals surface area contributed by atoms with Gasteiger partial charge in [0.1, 0.15) is 0 Å². The van der Waals surface area contributed by atoms with E-state index < -0.39 is 11.4 Å². The summed E-state index contributed by atoms with van der Waals surface area (Å²) < 4.78 is 0. The molecule has 114 valence electrons. The summed E-state index contributed by atoms with van der Waals surface area (Å²) >= 11 is 0. The third-order valence-electron chi connectivity index (χ3n) is 4.43. The molecule has 23 heavy (non-hydrogen) atoms. The van der Waals surface area contributed by atoms with Crippen LogP contribution in [0.4, 0.5) is 0 Å². The van der Waals surface area contributed by atoms with Gasteiger partial charge >= 0.3 is 51.4 Å². The van der Waals surface area contributed by atoms with Gasteiger partial charge in [-0.1, -0.05) is 30.7 Å². The molecule has 0 spiro atoms. The summed E-state index contributed by atoms with van der Waals surface area (Å²) in [5.41, 5.74) is 0.812. The van der Waals surface area contributed by atoms with Gasteiger partial charge in [0.05, 0.1) is 5.52 Å². The Hall–Kier alpha value is -0.794. The zero-order valence-corrected chi connectivity index (χ0v) is 16.3. The Morgan fingerprint density at radius 3 is 2.61 bits per heavy atom. The molecule has 0 bridgehead atoms. The van der Waals surface area contributed by atoms with E-state index in [1.807, 2.05) is 30.3 Å². The van der Waals surface area contributed by atoms with Crippen LogP contribution in [0.15, 0.2) is 36.5 Å². The molecule has 1 saturated carbocycles. The van der Waals surface area contributed by atoms with Gasteiger partial charge in [-0.15, -0.1) is 0 Å². The van der Waals surface area contributed by atoms with E-state index in [4.69, 9.17) is 0 Å². The number of carbonyl (C=O) groups excluding carboxylic acids is 2. The topological polar surface area (TPSA) is 82.1 Å². The number of nitrogens with one attached hydrogen (secondary N) is 1. The molecule has 1 heterocycles. The Morgan fingerprint density at radius 2 is 1.96 bits per heavy atom. The van der Waals surface area contributed by atoms with Crippen molar-refractivity contribution in [1.29, 1.82) is 0 Å². The Balaban J connectivity index is 0.00000192. The first kappa shape index (κ1) is 18.5. The van der Waals surface area contributed by atoms with E-state index in [1.54, 1.807) is 6.20 Å². The molecule has 6 heteroatoms. The van der Waals surface area contributed by atoms with E-state index in [2.05, 4.69) is 10.3 Å². The number of hydrogen-bond donors (Lipinski definition) is 1. The van der Waals surface area contributed by atoms with Crippen molar-refractivity contribution in [1.82, 2.24) is 10.3 Å². The standard InChI is InChI=1S/C17H18N2O3.K/c20-14(10-17(16(21)22)7-3-8-17)19-11-13-5-1-4-12-6-2-9-18-15(12)13;/h1-2,4-6,9H,3,7-8,10-11H2,(H,19,20)(H,21,22);/q;+1/p-1. The van der Waals surface area contributed by atoms with Crippen LogP contribution in [0.25, 0.3) is 10.9 Å². The van der Waals surface area contributed by atoms with Crippen molar-refractivity contribution in [3.05, 3.63) is 42.1 Å². The van der Waals surface area contributed by atoms with Crippen molar-refractivity contribution in [3.63, 3.8) is 0 Å². The second kappa shape index (κ2) is 7.85. The minimum absolute atomic E-state index is 0. The van der Waals surface area contributed by atoms with Gasteiger partial charge in [-0.2, -0.15) is 0 Å². The van der Waals surface area contributed by atoms with Gasteiger partial charge in [0, 0.05) is 35.9 Å². The number of amides is 1. The molecule has 1 aliphatic carbocycles. The third kappa shape index (κ3) is 4.00. The first-order chi connectivity index (χ1) is 10.6. The van der Waals surface area contributed by atoms with Crippen LogP contribution in [0.1, 0.15) is 31.2 Å². The van der Waals surface area contributed by atoms with Gasteiger partial charge in [-0.3, -0.25) is 9.78 Å². The van der Waals surface area contributed by atoms with E-state index in [0.29, 0.717) is 19.4 Å². The maximum Gasteiger partial charge on any atom is 1.00 e. The zero-order valence-electron chi connectivity index (χ0n) is 13.2. The largest absolute Gasteiger partial charge is 1.00 e. The molecule has 0 atom stereocenters. The quantitative estimate of drug-likeness (QED) is 0.651. The average Bonchev–Trinajstić information content (AvgIpc) is 2.48. The van der Waals surface area contributed by atoms with E-state index in [1.165, 1.54) is 0 Å². The molecule has 1 aromatic carbocycles. The average molecular weight is 336 g/mol. The molecule has 1 amide bonds. The normalized spacial score (nSPS) is 15.3. The number of aliphatic carboxylic acids is 1. The number of benzene rings is 1. The summed E-state index contributed by atoms with van der Waals surface area (Å²) in [6.07, 6.45) is 3.60. The summed E-state index contributed by atoms with van der Waals surface area (Å²) in [5, 5.41) is 15.0. The molecule has 0 aliphatic heterocycles. The second-order valence-corrected chi connectivity index (χ2v) is 5.87. The van der Waals surface area contributed by atoms with E-state index in [-0.39, 0.29) is 63.7 Å². The molecule has 1 aliphatic rings. The molecule has 1 N–H and O–H groups in total. The van der Waals surface area contributed by atoms with Gasteiger partial charge in [-0.05, 0) is 24.5 Å². The number of hydrogen-bond acceptors (Lipinski definition) is 4. The summed E-state index contributed by atoms with van der Waals surface area (Å²) in [4.78, 5) is 27.6. The van der Waals surface area contributed by atoms with E-state index >= 15 is 0 Å². The first-order valence-corrected chi connectivity index (χ1v) is 7.41. The Kier molecular flexibility index (Phi) is 6.33. The fraction of sp³-hybridized carbons (Fsp3) is 0.353. The number of pyridine rings is 1. The molecule has 3 rings (SSSR count). The fourth-order valence-corrected chi connectivity index (χ4v) is 2.93. The molecular weight excluding hydrogens is 319 g/mol.